The fourth-order valence-electron chi connectivity index (χ4n) is 3.24. The first-order chi connectivity index (χ1) is 16.4. The summed E-state index contributed by atoms with van der Waals surface area (Å²) in [5.74, 6) is -0.445. The molecule has 0 N–H and O–H groups in total. The van der Waals surface area contributed by atoms with Crippen LogP contribution in [-0.2, 0) is 11.2 Å². The van der Waals surface area contributed by atoms with Gasteiger partial charge in [0, 0.05) is 22.2 Å². The van der Waals surface area contributed by atoms with E-state index in [9.17, 15) is 4.79 Å². The summed E-state index contributed by atoms with van der Waals surface area (Å²) in [6.07, 6.45) is 0.777. The molecule has 190 valence electrons. The van der Waals surface area contributed by atoms with E-state index in [-0.39, 0.29) is 26.6 Å². The maximum Gasteiger partial charge on any atom is 0.246 e. The number of anilines is 2. The zero-order chi connectivity index (χ0) is 24.5. The number of carbonyl (C=O) groups excluding carboxylic acids is 1. The molecule has 0 aliphatic rings. The fraction of sp³-hybridized carbons (Fsp3) is 0.138. The van der Waals surface area contributed by atoms with E-state index in [0.717, 1.165) is 22.0 Å². The van der Waals surface area contributed by atoms with Crippen LogP contribution in [0.5, 0.6) is 0 Å². The normalized spacial score (nSPS) is 9.69. The highest BCUT2D eigenvalue weighted by molar-refractivity contribution is 6.41. The molecule has 0 saturated carbocycles. The van der Waals surface area contributed by atoms with Crippen LogP contribution in [0.25, 0.3) is 0 Å². The van der Waals surface area contributed by atoms with Gasteiger partial charge in [0.05, 0.1) is 15.7 Å². The molecule has 1 amide bonds. The summed E-state index contributed by atoms with van der Waals surface area (Å²) in [6.45, 7) is 0. The highest BCUT2D eigenvalue weighted by Gasteiger charge is 2.21. The van der Waals surface area contributed by atoms with Crippen LogP contribution in [0.4, 0.5) is 11.4 Å². The fourth-order valence-corrected chi connectivity index (χ4v) is 4.46. The maximum atomic E-state index is 12.1. The van der Waals surface area contributed by atoms with Crippen LogP contribution in [0, 0.1) is 0 Å². The maximum absolute atomic E-state index is 12.1. The number of nitrogens with zero attached hydrogens (tertiary/aromatic N) is 1. The van der Waals surface area contributed by atoms with Crippen LogP contribution in [0.2, 0.25) is 20.1 Å². The smallest absolute Gasteiger partial charge is 0.246 e. The molecular formula is C29H28Cl5NO. The second-order valence-corrected chi connectivity index (χ2v) is 9.03. The lowest BCUT2D eigenvalue weighted by Gasteiger charge is -2.24. The Bertz CT molecular complexity index is 1190. The lowest BCUT2D eigenvalue weighted by Crippen LogP contribution is -2.27. The Morgan fingerprint density at radius 3 is 1.53 bits per heavy atom. The average molecular weight is 584 g/mol. The van der Waals surface area contributed by atoms with E-state index in [0.29, 0.717) is 21.4 Å². The molecule has 36 heavy (non-hydrogen) atoms. The molecule has 7 heteroatoms. The van der Waals surface area contributed by atoms with Crippen molar-refractivity contribution in [2.24, 2.45) is 0 Å². The van der Waals surface area contributed by atoms with E-state index in [4.69, 9.17) is 58.0 Å². The number of carbonyl (C=O) groups is 1. The average Bonchev–Trinajstić information content (AvgIpc) is 2.85. The molecule has 0 unspecified atom stereocenters. The molecule has 0 atom stereocenters. The van der Waals surface area contributed by atoms with Gasteiger partial charge in [-0.2, -0.15) is 0 Å². The summed E-state index contributed by atoms with van der Waals surface area (Å²) in [7, 11) is 0. The van der Waals surface area contributed by atoms with Gasteiger partial charge in [0.2, 0.25) is 5.91 Å². The number of halogens is 5. The number of para-hydroxylation sites is 2. The molecule has 0 aliphatic heterocycles. The van der Waals surface area contributed by atoms with Crippen molar-refractivity contribution in [1.29, 1.82) is 0 Å². The highest BCUT2D eigenvalue weighted by Crippen LogP contribution is 2.38. The van der Waals surface area contributed by atoms with E-state index >= 15 is 0 Å². The van der Waals surface area contributed by atoms with Gasteiger partial charge >= 0.3 is 0 Å². The van der Waals surface area contributed by atoms with E-state index in [1.54, 1.807) is 30.3 Å². The summed E-state index contributed by atoms with van der Waals surface area (Å²) < 4.78 is 0. The first-order valence-electron chi connectivity index (χ1n) is 10.3. The third-order valence-corrected chi connectivity index (χ3v) is 6.37. The number of hydrogen-bond donors (Lipinski definition) is 0. The number of amides is 1. The van der Waals surface area contributed by atoms with Gasteiger partial charge in [0.25, 0.3) is 0 Å². The first kappa shape index (κ1) is 31.8. The van der Waals surface area contributed by atoms with Gasteiger partial charge in [0.15, 0.2) is 0 Å². The number of hydrogen-bond acceptors (Lipinski definition) is 1. The third kappa shape index (κ3) is 8.44. The monoisotopic (exact) mass is 581 g/mol. The lowest BCUT2D eigenvalue weighted by atomic mass is 10.1. The minimum absolute atomic E-state index is 0. The van der Waals surface area contributed by atoms with E-state index < -0.39 is 0 Å². The Labute approximate surface area is 239 Å². The summed E-state index contributed by atoms with van der Waals surface area (Å²) >= 11 is 30.2. The van der Waals surface area contributed by atoms with Crippen molar-refractivity contribution in [2.45, 2.75) is 21.3 Å². The molecule has 0 radical (unpaired) electrons. The molecule has 0 fully saturated rings. The van der Waals surface area contributed by atoms with Crippen molar-refractivity contribution < 1.29 is 4.79 Å². The Balaban J connectivity index is 0.000000349. The third-order valence-electron chi connectivity index (χ3n) is 4.82. The van der Waals surface area contributed by atoms with Gasteiger partial charge in [0.1, 0.15) is 5.88 Å². The van der Waals surface area contributed by atoms with Gasteiger partial charge in [-0.15, -0.1) is 11.6 Å². The predicted molar refractivity (Wildman–Crippen MR) is 160 cm³/mol. The molecule has 0 aromatic heterocycles. The van der Waals surface area contributed by atoms with E-state index in [1.165, 1.54) is 10.5 Å². The van der Waals surface area contributed by atoms with Crippen LogP contribution in [0.1, 0.15) is 26.0 Å². The van der Waals surface area contributed by atoms with E-state index in [1.807, 2.05) is 54.6 Å². The minimum Gasteiger partial charge on any atom is -0.277 e. The summed E-state index contributed by atoms with van der Waals surface area (Å²) in [5.41, 5.74) is 3.32. The van der Waals surface area contributed by atoms with Crippen LogP contribution in [0.15, 0.2) is 97.1 Å². The van der Waals surface area contributed by atoms with Crippen molar-refractivity contribution in [3.63, 3.8) is 0 Å². The predicted octanol–water partition coefficient (Wildman–Crippen LogP) is 10.8. The SMILES string of the molecule is C.C.Clc1cccc(Cl)c1Cc1ccccc1.O=C(CCl)N(c1ccccc1)c1c(Cl)cccc1Cl. The largest absolute Gasteiger partial charge is 0.277 e. The molecule has 0 bridgehead atoms. The standard InChI is InChI=1S/C14H10Cl3NO.C13H10Cl2.2CH4/c15-9-13(19)18(10-5-2-1-3-6-10)14-11(16)7-4-8-12(14)17;14-12-7-4-8-13(15)11(12)9-10-5-2-1-3-6-10;;/h1-8H,9H2;1-8H,9H2;2*1H4. The second-order valence-electron chi connectivity index (χ2n) is 7.13. The summed E-state index contributed by atoms with van der Waals surface area (Å²) in [5, 5.41) is 2.25. The number of rotatable bonds is 5. The molecular weight excluding hydrogens is 556 g/mol. The Morgan fingerprint density at radius 1 is 0.611 bits per heavy atom. The second kappa shape index (κ2) is 15.8. The molecule has 0 saturated heterocycles. The highest BCUT2D eigenvalue weighted by atomic mass is 35.5. The summed E-state index contributed by atoms with van der Waals surface area (Å²) in [6, 6.07) is 30.0. The summed E-state index contributed by atoms with van der Waals surface area (Å²) in [4.78, 5) is 13.5. The van der Waals surface area contributed by atoms with Crippen molar-refractivity contribution in [3.05, 3.63) is 128 Å². The van der Waals surface area contributed by atoms with Crippen molar-refractivity contribution >= 4 is 75.3 Å². The van der Waals surface area contributed by atoms with Gasteiger partial charge < -0.3 is 0 Å². The molecule has 0 spiro atoms. The van der Waals surface area contributed by atoms with Crippen LogP contribution in [-0.4, -0.2) is 11.8 Å². The first-order valence-corrected chi connectivity index (χ1v) is 12.3. The molecule has 4 aromatic carbocycles. The number of alkyl halides is 1. The molecule has 4 aromatic rings. The Morgan fingerprint density at radius 2 is 1.06 bits per heavy atom. The molecule has 0 aliphatic carbocycles. The van der Waals surface area contributed by atoms with Crippen molar-refractivity contribution in [2.75, 3.05) is 10.8 Å². The van der Waals surface area contributed by atoms with Crippen LogP contribution < -0.4 is 4.90 Å². The van der Waals surface area contributed by atoms with Crippen molar-refractivity contribution in [3.8, 4) is 0 Å². The number of benzene rings is 4. The molecule has 4 rings (SSSR count). The lowest BCUT2D eigenvalue weighted by molar-refractivity contribution is -0.115. The zero-order valence-electron chi connectivity index (χ0n) is 17.9. The minimum atomic E-state index is -0.289. The Kier molecular flexibility index (Phi) is 14.0. The van der Waals surface area contributed by atoms with Gasteiger partial charge in [-0.1, -0.05) is 122 Å². The topological polar surface area (TPSA) is 20.3 Å². The van der Waals surface area contributed by atoms with E-state index in [2.05, 4.69) is 12.1 Å². The Hall–Kier alpha value is -2.20. The quantitative estimate of drug-likeness (QED) is 0.214. The molecule has 2 nitrogen and oxygen atoms in total. The van der Waals surface area contributed by atoms with Gasteiger partial charge in [-0.05, 0) is 47.5 Å². The van der Waals surface area contributed by atoms with Crippen molar-refractivity contribution in [1.82, 2.24) is 0 Å². The molecule has 0 heterocycles. The van der Waals surface area contributed by atoms with Crippen LogP contribution >= 0.6 is 58.0 Å². The van der Waals surface area contributed by atoms with Gasteiger partial charge in [-0.25, -0.2) is 0 Å². The van der Waals surface area contributed by atoms with Crippen LogP contribution in [0.3, 0.4) is 0 Å². The zero-order valence-corrected chi connectivity index (χ0v) is 21.7. The van der Waals surface area contributed by atoms with Gasteiger partial charge in [-0.3, -0.25) is 9.69 Å².